The van der Waals surface area contributed by atoms with E-state index in [1.165, 1.54) is 12.1 Å². The van der Waals surface area contributed by atoms with Crippen LogP contribution < -0.4 is 10.5 Å². The molecule has 0 aliphatic rings. The molecular formula is C14H15N3O3S. The number of nitrogens with zero attached hydrogens (tertiary/aromatic N) is 1. The van der Waals surface area contributed by atoms with Gasteiger partial charge in [0.25, 0.3) is 0 Å². The van der Waals surface area contributed by atoms with Gasteiger partial charge < -0.3 is 5.32 Å². The van der Waals surface area contributed by atoms with Gasteiger partial charge in [-0.2, -0.15) is 0 Å². The number of carbonyl (C=O) groups excluding carboxylic acids is 1. The summed E-state index contributed by atoms with van der Waals surface area (Å²) in [5.41, 5.74) is 1.68. The maximum atomic E-state index is 11.8. The fraction of sp³-hybridized carbons (Fsp3) is 0.143. The highest BCUT2D eigenvalue weighted by Crippen LogP contribution is 2.08. The Morgan fingerprint density at radius 1 is 1.05 bits per heavy atom. The Bertz CT molecular complexity index is 713. The molecule has 0 unspecified atom stereocenters. The summed E-state index contributed by atoms with van der Waals surface area (Å²) in [7, 11) is -3.68. The van der Waals surface area contributed by atoms with Crippen molar-refractivity contribution in [2.24, 2.45) is 5.14 Å². The molecule has 1 amide bonds. The fourth-order valence-electron chi connectivity index (χ4n) is 1.75. The van der Waals surface area contributed by atoms with E-state index in [-0.39, 0.29) is 17.2 Å². The van der Waals surface area contributed by atoms with Crippen LogP contribution >= 0.6 is 0 Å². The SMILES string of the molecule is NS(=O)(=O)c1ccc(CNC(=O)Cc2ccncc2)cc1. The predicted octanol–water partition coefficient (Wildman–Crippen LogP) is 0.588. The minimum absolute atomic E-state index is 0.0503. The monoisotopic (exact) mass is 305 g/mol. The molecule has 1 aromatic carbocycles. The standard InChI is InChI=1S/C14H15N3O3S/c15-21(19,20)13-3-1-12(2-4-13)10-17-14(18)9-11-5-7-16-8-6-11/h1-8H,9-10H2,(H,17,18)(H2,15,19,20). The molecule has 0 bridgehead atoms. The zero-order valence-corrected chi connectivity index (χ0v) is 12.0. The van der Waals surface area contributed by atoms with Gasteiger partial charge in [-0.3, -0.25) is 9.78 Å². The molecule has 0 saturated carbocycles. The third-order valence-corrected chi connectivity index (χ3v) is 3.78. The lowest BCUT2D eigenvalue weighted by atomic mass is 10.2. The van der Waals surface area contributed by atoms with Gasteiger partial charge >= 0.3 is 0 Å². The molecule has 21 heavy (non-hydrogen) atoms. The van der Waals surface area contributed by atoms with Crippen LogP contribution in [0.25, 0.3) is 0 Å². The molecule has 110 valence electrons. The first-order valence-electron chi connectivity index (χ1n) is 6.22. The highest BCUT2D eigenvalue weighted by Gasteiger charge is 2.07. The van der Waals surface area contributed by atoms with Crippen molar-refractivity contribution in [2.45, 2.75) is 17.9 Å². The first-order chi connectivity index (χ1) is 9.95. The summed E-state index contributed by atoms with van der Waals surface area (Å²) in [5, 5.41) is 7.78. The molecule has 2 rings (SSSR count). The van der Waals surface area contributed by atoms with Gasteiger partial charge in [-0.15, -0.1) is 0 Å². The number of nitrogens with one attached hydrogen (secondary N) is 1. The predicted molar refractivity (Wildman–Crippen MR) is 77.6 cm³/mol. The zero-order chi connectivity index (χ0) is 15.3. The number of rotatable bonds is 5. The van der Waals surface area contributed by atoms with E-state index >= 15 is 0 Å². The summed E-state index contributed by atoms with van der Waals surface area (Å²) in [4.78, 5) is 15.7. The molecule has 1 heterocycles. The molecule has 0 fully saturated rings. The van der Waals surface area contributed by atoms with Crippen molar-refractivity contribution < 1.29 is 13.2 Å². The topological polar surface area (TPSA) is 102 Å². The second kappa shape index (κ2) is 6.47. The molecule has 6 nitrogen and oxygen atoms in total. The minimum Gasteiger partial charge on any atom is -0.352 e. The second-order valence-electron chi connectivity index (χ2n) is 4.50. The lowest BCUT2D eigenvalue weighted by molar-refractivity contribution is -0.120. The second-order valence-corrected chi connectivity index (χ2v) is 6.06. The number of sulfonamides is 1. The number of carbonyl (C=O) groups is 1. The van der Waals surface area contributed by atoms with E-state index in [0.717, 1.165) is 11.1 Å². The fourth-order valence-corrected chi connectivity index (χ4v) is 2.26. The summed E-state index contributed by atoms with van der Waals surface area (Å²) in [5.74, 6) is -0.114. The molecule has 7 heteroatoms. The van der Waals surface area contributed by atoms with Crippen LogP contribution in [0.3, 0.4) is 0 Å². The van der Waals surface area contributed by atoms with Crippen molar-refractivity contribution in [3.8, 4) is 0 Å². The lowest BCUT2D eigenvalue weighted by Crippen LogP contribution is -2.24. The van der Waals surface area contributed by atoms with E-state index < -0.39 is 10.0 Å². The Labute approximate surface area is 123 Å². The highest BCUT2D eigenvalue weighted by atomic mass is 32.2. The van der Waals surface area contributed by atoms with E-state index in [1.54, 1.807) is 36.7 Å². The number of aromatic nitrogens is 1. The van der Waals surface area contributed by atoms with Gasteiger partial charge in [0, 0.05) is 18.9 Å². The molecule has 0 radical (unpaired) electrons. The van der Waals surface area contributed by atoms with Crippen molar-refractivity contribution >= 4 is 15.9 Å². The van der Waals surface area contributed by atoms with Crippen LogP contribution in [0.5, 0.6) is 0 Å². The number of benzene rings is 1. The summed E-state index contributed by atoms with van der Waals surface area (Å²) in [6, 6.07) is 9.62. The Kier molecular flexibility index (Phi) is 4.66. The molecule has 1 aromatic heterocycles. The van der Waals surface area contributed by atoms with E-state index in [0.29, 0.717) is 6.54 Å². The smallest absolute Gasteiger partial charge is 0.238 e. The van der Waals surface area contributed by atoms with Crippen LogP contribution in [0.15, 0.2) is 53.7 Å². The normalized spacial score (nSPS) is 11.1. The maximum absolute atomic E-state index is 11.8. The third-order valence-electron chi connectivity index (χ3n) is 2.86. The molecule has 2 aromatic rings. The van der Waals surface area contributed by atoms with Gasteiger partial charge in [0.2, 0.25) is 15.9 Å². The van der Waals surface area contributed by atoms with Gasteiger partial charge in [0.05, 0.1) is 11.3 Å². The Balaban J connectivity index is 1.90. The zero-order valence-electron chi connectivity index (χ0n) is 11.2. The van der Waals surface area contributed by atoms with E-state index in [9.17, 15) is 13.2 Å². The Morgan fingerprint density at radius 2 is 1.67 bits per heavy atom. The molecular weight excluding hydrogens is 290 g/mol. The van der Waals surface area contributed by atoms with Crippen molar-refractivity contribution in [3.63, 3.8) is 0 Å². The third kappa shape index (κ3) is 4.66. The van der Waals surface area contributed by atoms with E-state index in [4.69, 9.17) is 5.14 Å². The quantitative estimate of drug-likeness (QED) is 0.843. The van der Waals surface area contributed by atoms with Crippen molar-refractivity contribution in [1.29, 1.82) is 0 Å². The summed E-state index contributed by atoms with van der Waals surface area (Å²) in [6.07, 6.45) is 3.54. The van der Waals surface area contributed by atoms with E-state index in [1.807, 2.05) is 0 Å². The highest BCUT2D eigenvalue weighted by molar-refractivity contribution is 7.89. The van der Waals surface area contributed by atoms with Crippen LogP contribution in [0, 0.1) is 0 Å². The van der Waals surface area contributed by atoms with Gasteiger partial charge in [0.15, 0.2) is 0 Å². The molecule has 0 aliphatic carbocycles. The Morgan fingerprint density at radius 3 is 2.24 bits per heavy atom. The van der Waals surface area contributed by atoms with Gasteiger partial charge in [-0.05, 0) is 35.4 Å². The van der Waals surface area contributed by atoms with Crippen LogP contribution in [0.4, 0.5) is 0 Å². The van der Waals surface area contributed by atoms with Crippen LogP contribution in [0.2, 0.25) is 0 Å². The number of hydrogen-bond acceptors (Lipinski definition) is 4. The maximum Gasteiger partial charge on any atom is 0.238 e. The molecule has 3 N–H and O–H groups in total. The molecule has 0 saturated heterocycles. The Hall–Kier alpha value is -2.25. The number of nitrogens with two attached hydrogens (primary N) is 1. The lowest BCUT2D eigenvalue weighted by Gasteiger charge is -2.06. The summed E-state index contributed by atoms with van der Waals surface area (Å²) >= 11 is 0. The van der Waals surface area contributed by atoms with Crippen molar-refractivity contribution in [3.05, 3.63) is 59.9 Å². The molecule has 0 spiro atoms. The molecule has 0 atom stereocenters. The first kappa shape index (κ1) is 15.1. The number of amides is 1. The van der Waals surface area contributed by atoms with Crippen LogP contribution in [-0.2, 0) is 27.8 Å². The minimum atomic E-state index is -3.68. The van der Waals surface area contributed by atoms with Gasteiger partial charge in [-0.25, -0.2) is 13.6 Å². The number of primary sulfonamides is 1. The number of pyridine rings is 1. The van der Waals surface area contributed by atoms with Crippen LogP contribution in [0.1, 0.15) is 11.1 Å². The van der Waals surface area contributed by atoms with Gasteiger partial charge in [-0.1, -0.05) is 12.1 Å². The molecule has 0 aliphatic heterocycles. The summed E-state index contributed by atoms with van der Waals surface area (Å²) in [6.45, 7) is 0.328. The first-order valence-corrected chi connectivity index (χ1v) is 7.77. The van der Waals surface area contributed by atoms with Crippen molar-refractivity contribution in [2.75, 3.05) is 0 Å². The van der Waals surface area contributed by atoms with Crippen LogP contribution in [-0.4, -0.2) is 19.3 Å². The average molecular weight is 305 g/mol. The summed E-state index contributed by atoms with van der Waals surface area (Å²) < 4.78 is 22.2. The van der Waals surface area contributed by atoms with Crippen molar-refractivity contribution in [1.82, 2.24) is 10.3 Å². The number of hydrogen-bond donors (Lipinski definition) is 2. The average Bonchev–Trinajstić information content (AvgIpc) is 2.46. The van der Waals surface area contributed by atoms with E-state index in [2.05, 4.69) is 10.3 Å². The van der Waals surface area contributed by atoms with Gasteiger partial charge in [0.1, 0.15) is 0 Å². The largest absolute Gasteiger partial charge is 0.352 e.